The molecule has 20 heavy (non-hydrogen) atoms. The van der Waals surface area contributed by atoms with Crippen molar-refractivity contribution in [3.05, 3.63) is 35.9 Å². The molecule has 1 aromatic carbocycles. The van der Waals surface area contributed by atoms with Gasteiger partial charge in [-0.15, -0.1) is 0 Å². The van der Waals surface area contributed by atoms with E-state index in [4.69, 9.17) is 4.74 Å². The van der Waals surface area contributed by atoms with Crippen LogP contribution in [0.2, 0.25) is 0 Å². The zero-order valence-electron chi connectivity index (χ0n) is 12.5. The first-order chi connectivity index (χ1) is 9.79. The van der Waals surface area contributed by atoms with Gasteiger partial charge in [0.2, 0.25) is 0 Å². The molecule has 3 nitrogen and oxygen atoms in total. The molecule has 1 heterocycles. The summed E-state index contributed by atoms with van der Waals surface area (Å²) in [4.78, 5) is 2.38. The van der Waals surface area contributed by atoms with E-state index in [2.05, 4.69) is 35.2 Å². The summed E-state index contributed by atoms with van der Waals surface area (Å²) in [5.41, 5.74) is 1.46. The summed E-state index contributed by atoms with van der Waals surface area (Å²) in [5.74, 6) is 0.672. The topological polar surface area (TPSA) is 32.7 Å². The third kappa shape index (κ3) is 4.89. The molecule has 0 saturated carbocycles. The SMILES string of the molecule is CCOCC(O)CN1CCCC(c2ccccc2)CC1. The average molecular weight is 277 g/mol. The summed E-state index contributed by atoms with van der Waals surface area (Å²) >= 11 is 0. The van der Waals surface area contributed by atoms with E-state index in [0.717, 1.165) is 19.6 Å². The van der Waals surface area contributed by atoms with Gasteiger partial charge in [-0.1, -0.05) is 30.3 Å². The van der Waals surface area contributed by atoms with E-state index in [1.165, 1.54) is 24.8 Å². The number of likely N-dealkylation sites (tertiary alicyclic amines) is 1. The lowest BCUT2D eigenvalue weighted by atomic mass is 9.92. The standard InChI is InChI=1S/C17H27NO2/c1-2-20-14-17(19)13-18-11-6-9-16(10-12-18)15-7-4-3-5-8-15/h3-5,7-8,16-17,19H,2,6,9-14H2,1H3. The van der Waals surface area contributed by atoms with Crippen LogP contribution >= 0.6 is 0 Å². The Morgan fingerprint density at radius 3 is 2.80 bits per heavy atom. The minimum atomic E-state index is -0.358. The smallest absolute Gasteiger partial charge is 0.0900 e. The molecule has 112 valence electrons. The maximum atomic E-state index is 9.94. The van der Waals surface area contributed by atoms with Gasteiger partial charge in [-0.05, 0) is 50.8 Å². The van der Waals surface area contributed by atoms with Crippen LogP contribution in [0.25, 0.3) is 0 Å². The summed E-state index contributed by atoms with van der Waals surface area (Å²) in [7, 11) is 0. The summed E-state index contributed by atoms with van der Waals surface area (Å²) in [6.07, 6.45) is 3.29. The van der Waals surface area contributed by atoms with Crippen molar-refractivity contribution < 1.29 is 9.84 Å². The van der Waals surface area contributed by atoms with Crippen molar-refractivity contribution in [2.24, 2.45) is 0 Å². The van der Waals surface area contributed by atoms with Gasteiger partial charge in [-0.2, -0.15) is 0 Å². The van der Waals surface area contributed by atoms with Crippen LogP contribution in [-0.4, -0.2) is 49.0 Å². The van der Waals surface area contributed by atoms with Gasteiger partial charge in [0.25, 0.3) is 0 Å². The molecule has 0 aliphatic carbocycles. The molecule has 0 spiro atoms. The lowest BCUT2D eigenvalue weighted by Crippen LogP contribution is -2.35. The van der Waals surface area contributed by atoms with Crippen LogP contribution < -0.4 is 0 Å². The van der Waals surface area contributed by atoms with E-state index in [0.29, 0.717) is 19.1 Å². The van der Waals surface area contributed by atoms with E-state index in [9.17, 15) is 5.11 Å². The van der Waals surface area contributed by atoms with Crippen LogP contribution in [0.15, 0.2) is 30.3 Å². The second kappa shape index (κ2) is 8.40. The fourth-order valence-electron chi connectivity index (χ4n) is 3.00. The number of nitrogens with zero attached hydrogens (tertiary/aromatic N) is 1. The monoisotopic (exact) mass is 277 g/mol. The number of benzene rings is 1. The van der Waals surface area contributed by atoms with Gasteiger partial charge in [0.15, 0.2) is 0 Å². The molecule has 0 radical (unpaired) electrons. The van der Waals surface area contributed by atoms with Crippen LogP contribution in [0.4, 0.5) is 0 Å². The molecule has 0 amide bonds. The van der Waals surface area contributed by atoms with Gasteiger partial charge in [0.05, 0.1) is 12.7 Å². The maximum Gasteiger partial charge on any atom is 0.0900 e. The van der Waals surface area contributed by atoms with E-state index >= 15 is 0 Å². The molecule has 1 aliphatic rings. The summed E-state index contributed by atoms with van der Waals surface area (Å²) < 4.78 is 5.28. The van der Waals surface area contributed by atoms with Gasteiger partial charge in [0.1, 0.15) is 0 Å². The van der Waals surface area contributed by atoms with E-state index in [-0.39, 0.29) is 6.10 Å². The molecule has 0 bridgehead atoms. The summed E-state index contributed by atoms with van der Waals surface area (Å²) in [6, 6.07) is 10.8. The van der Waals surface area contributed by atoms with Crippen molar-refractivity contribution in [1.82, 2.24) is 4.90 Å². The number of β-amino-alcohol motifs (C(OH)–C–C–N with tert-alkyl or cyclic N) is 1. The first kappa shape index (κ1) is 15.5. The quantitative estimate of drug-likeness (QED) is 0.867. The predicted octanol–water partition coefficient (Wildman–Crippen LogP) is 2.65. The van der Waals surface area contributed by atoms with Crippen molar-refractivity contribution in [1.29, 1.82) is 0 Å². The molecule has 1 aromatic rings. The number of ether oxygens (including phenoxy) is 1. The molecule has 0 aromatic heterocycles. The highest BCUT2D eigenvalue weighted by Crippen LogP contribution is 2.27. The molecular formula is C17H27NO2. The van der Waals surface area contributed by atoms with Crippen molar-refractivity contribution >= 4 is 0 Å². The van der Waals surface area contributed by atoms with E-state index in [1.807, 2.05) is 6.92 Å². The van der Waals surface area contributed by atoms with Crippen LogP contribution in [0.5, 0.6) is 0 Å². The highest BCUT2D eigenvalue weighted by Gasteiger charge is 2.19. The third-order valence-electron chi connectivity index (χ3n) is 4.08. The van der Waals surface area contributed by atoms with Crippen molar-refractivity contribution in [2.45, 2.75) is 38.2 Å². The first-order valence-corrected chi connectivity index (χ1v) is 7.82. The Kier molecular flexibility index (Phi) is 6.51. The number of aliphatic hydroxyl groups excluding tert-OH is 1. The van der Waals surface area contributed by atoms with Crippen LogP contribution in [-0.2, 0) is 4.74 Å². The number of hydrogen-bond donors (Lipinski definition) is 1. The molecule has 2 unspecified atom stereocenters. The minimum absolute atomic E-state index is 0.358. The molecule has 1 aliphatic heterocycles. The second-order valence-corrected chi connectivity index (χ2v) is 5.65. The van der Waals surface area contributed by atoms with Gasteiger partial charge in [-0.25, -0.2) is 0 Å². The highest BCUT2D eigenvalue weighted by molar-refractivity contribution is 5.19. The molecule has 2 atom stereocenters. The first-order valence-electron chi connectivity index (χ1n) is 7.82. The Hall–Kier alpha value is -0.900. The van der Waals surface area contributed by atoms with Crippen molar-refractivity contribution in [2.75, 3.05) is 32.8 Å². The van der Waals surface area contributed by atoms with Crippen LogP contribution in [0.3, 0.4) is 0 Å². The minimum Gasteiger partial charge on any atom is -0.389 e. The third-order valence-corrected chi connectivity index (χ3v) is 4.08. The second-order valence-electron chi connectivity index (χ2n) is 5.65. The highest BCUT2D eigenvalue weighted by atomic mass is 16.5. The molecule has 1 saturated heterocycles. The zero-order chi connectivity index (χ0) is 14.2. The Bertz CT molecular complexity index is 369. The number of hydrogen-bond acceptors (Lipinski definition) is 3. The molecule has 1 fully saturated rings. The van der Waals surface area contributed by atoms with Crippen molar-refractivity contribution in [3.8, 4) is 0 Å². The van der Waals surface area contributed by atoms with Crippen LogP contribution in [0, 0.1) is 0 Å². The Balaban J connectivity index is 1.80. The molecule has 1 N–H and O–H groups in total. The Morgan fingerprint density at radius 2 is 2.05 bits per heavy atom. The number of rotatable bonds is 6. The van der Waals surface area contributed by atoms with Crippen molar-refractivity contribution in [3.63, 3.8) is 0 Å². The van der Waals surface area contributed by atoms with Gasteiger partial charge < -0.3 is 14.7 Å². The number of aliphatic hydroxyl groups is 1. The maximum absolute atomic E-state index is 9.94. The largest absolute Gasteiger partial charge is 0.389 e. The normalized spacial score (nSPS) is 22.4. The fraction of sp³-hybridized carbons (Fsp3) is 0.647. The summed E-state index contributed by atoms with van der Waals surface area (Å²) in [5, 5.41) is 9.94. The Labute approximate surface area is 122 Å². The van der Waals surface area contributed by atoms with E-state index in [1.54, 1.807) is 0 Å². The lowest BCUT2D eigenvalue weighted by molar-refractivity contribution is 0.0217. The molecular weight excluding hydrogens is 250 g/mol. The van der Waals surface area contributed by atoms with Gasteiger partial charge >= 0.3 is 0 Å². The van der Waals surface area contributed by atoms with Gasteiger partial charge in [0, 0.05) is 13.2 Å². The lowest BCUT2D eigenvalue weighted by Gasteiger charge is -2.23. The van der Waals surface area contributed by atoms with Gasteiger partial charge in [-0.3, -0.25) is 0 Å². The average Bonchev–Trinajstić information content (AvgIpc) is 2.72. The summed E-state index contributed by atoms with van der Waals surface area (Å²) in [6.45, 7) is 5.99. The fourth-order valence-corrected chi connectivity index (χ4v) is 3.00. The molecule has 3 heteroatoms. The Morgan fingerprint density at radius 1 is 1.25 bits per heavy atom. The van der Waals surface area contributed by atoms with Crippen LogP contribution in [0.1, 0.15) is 37.7 Å². The zero-order valence-corrected chi connectivity index (χ0v) is 12.5. The predicted molar refractivity (Wildman–Crippen MR) is 82.0 cm³/mol. The van der Waals surface area contributed by atoms with E-state index < -0.39 is 0 Å². The molecule has 2 rings (SSSR count).